The van der Waals surface area contributed by atoms with Gasteiger partial charge >= 0.3 is 0 Å². The average Bonchev–Trinajstić information content (AvgIpc) is 2.52. The fraction of sp³-hybridized carbons (Fsp3) is 0.857. The zero-order valence-electron chi connectivity index (χ0n) is 13.6. The third-order valence-electron chi connectivity index (χ3n) is 3.29. The van der Waals surface area contributed by atoms with E-state index in [0.29, 0.717) is 12.1 Å². The number of allylic oxidation sites excluding steroid dienone is 1. The van der Waals surface area contributed by atoms with E-state index in [1.165, 1.54) is 6.20 Å². The molecule has 1 fully saturated rings. The normalized spacial score (nSPS) is 32.2. The Bertz CT molecular complexity index is 328. The van der Waals surface area contributed by atoms with Gasteiger partial charge in [0.05, 0.1) is 6.61 Å². The highest BCUT2D eigenvalue weighted by molar-refractivity contribution is 4.99. The molecule has 22 heavy (non-hydrogen) atoms. The average molecular weight is 321 g/mol. The third kappa shape index (κ3) is 5.71. The third-order valence-corrected chi connectivity index (χ3v) is 3.29. The molecule has 0 saturated carbocycles. The van der Waals surface area contributed by atoms with Crippen molar-refractivity contribution in [1.82, 2.24) is 5.01 Å². The summed E-state index contributed by atoms with van der Waals surface area (Å²) in [5.41, 5.74) is 6.30. The van der Waals surface area contributed by atoms with Crippen molar-refractivity contribution < 1.29 is 25.2 Å². The van der Waals surface area contributed by atoms with Gasteiger partial charge in [-0.05, 0) is 12.8 Å². The molecular weight excluding hydrogens is 290 g/mol. The Balaban J connectivity index is 0.00000211. The number of hydrogen-bond donors (Lipinski definition) is 6. The summed E-state index contributed by atoms with van der Waals surface area (Å²) in [5, 5.41) is 39.3. The maximum Gasteiger partial charge on any atom is 0.172 e. The van der Waals surface area contributed by atoms with Crippen molar-refractivity contribution in [2.75, 3.05) is 6.61 Å². The molecule has 0 aromatic rings. The van der Waals surface area contributed by atoms with Crippen LogP contribution in [0.3, 0.4) is 0 Å². The van der Waals surface area contributed by atoms with Crippen LogP contribution in [0.4, 0.5) is 0 Å². The first-order valence-corrected chi connectivity index (χ1v) is 7.72. The smallest absolute Gasteiger partial charge is 0.172 e. The van der Waals surface area contributed by atoms with E-state index in [1.54, 1.807) is 0 Å². The molecule has 0 amide bonds. The Morgan fingerprint density at radius 3 is 2.27 bits per heavy atom. The molecule has 0 bridgehead atoms. The van der Waals surface area contributed by atoms with Gasteiger partial charge in [0.15, 0.2) is 6.23 Å². The SMILES string of the molecule is CC.CCCC/C(N)=C/N(N)C1OC(CO)C(O)C(O)C1O. The highest BCUT2D eigenvalue weighted by Crippen LogP contribution is 2.22. The molecule has 1 heterocycles. The van der Waals surface area contributed by atoms with E-state index in [1.807, 2.05) is 20.8 Å². The Kier molecular flexibility index (Phi) is 10.3. The van der Waals surface area contributed by atoms with E-state index in [-0.39, 0.29) is 0 Å². The number of nitrogens with zero attached hydrogens (tertiary/aromatic N) is 1. The molecule has 5 atom stereocenters. The van der Waals surface area contributed by atoms with Crippen LogP contribution < -0.4 is 11.6 Å². The summed E-state index contributed by atoms with van der Waals surface area (Å²) >= 11 is 0. The van der Waals surface area contributed by atoms with Gasteiger partial charge in [0.1, 0.15) is 24.4 Å². The van der Waals surface area contributed by atoms with Crippen LogP contribution in [0.5, 0.6) is 0 Å². The zero-order valence-corrected chi connectivity index (χ0v) is 13.6. The predicted molar refractivity (Wildman–Crippen MR) is 82.9 cm³/mol. The zero-order chi connectivity index (χ0) is 17.3. The Hall–Kier alpha value is -0.900. The minimum Gasteiger partial charge on any atom is -0.401 e. The quantitative estimate of drug-likeness (QED) is 0.269. The van der Waals surface area contributed by atoms with E-state index in [9.17, 15) is 15.3 Å². The Morgan fingerprint density at radius 1 is 1.18 bits per heavy atom. The van der Waals surface area contributed by atoms with Gasteiger partial charge in [-0.1, -0.05) is 27.2 Å². The lowest BCUT2D eigenvalue weighted by molar-refractivity contribution is -0.259. The molecule has 0 spiro atoms. The molecule has 8 N–H and O–H groups in total. The van der Waals surface area contributed by atoms with Crippen LogP contribution in [-0.4, -0.2) is 62.7 Å². The highest BCUT2D eigenvalue weighted by atomic mass is 16.6. The summed E-state index contributed by atoms with van der Waals surface area (Å²) in [6.45, 7) is 5.54. The van der Waals surface area contributed by atoms with Crippen molar-refractivity contribution in [3.05, 3.63) is 11.9 Å². The largest absolute Gasteiger partial charge is 0.401 e. The number of unbranched alkanes of at least 4 members (excludes halogenated alkanes) is 1. The second-order valence-electron chi connectivity index (χ2n) is 4.97. The molecule has 0 aliphatic carbocycles. The molecule has 1 rings (SSSR count). The van der Waals surface area contributed by atoms with Gasteiger partial charge in [0, 0.05) is 11.9 Å². The number of aliphatic hydroxyl groups excluding tert-OH is 4. The molecule has 5 unspecified atom stereocenters. The van der Waals surface area contributed by atoms with Crippen molar-refractivity contribution in [1.29, 1.82) is 0 Å². The topological polar surface area (TPSA) is 145 Å². The molecular formula is C14H31N3O5. The Labute approximate surface area is 131 Å². The fourth-order valence-electron chi connectivity index (χ4n) is 2.04. The van der Waals surface area contributed by atoms with Gasteiger partial charge < -0.3 is 30.9 Å². The van der Waals surface area contributed by atoms with E-state index in [0.717, 1.165) is 17.9 Å². The summed E-state index contributed by atoms with van der Waals surface area (Å²) in [6.07, 6.45) is -2.38. The van der Waals surface area contributed by atoms with Crippen molar-refractivity contribution in [3.8, 4) is 0 Å². The fourth-order valence-corrected chi connectivity index (χ4v) is 2.04. The van der Waals surface area contributed by atoms with Crippen molar-refractivity contribution >= 4 is 0 Å². The van der Waals surface area contributed by atoms with Crippen molar-refractivity contribution in [3.63, 3.8) is 0 Å². The van der Waals surface area contributed by atoms with Crippen LogP contribution in [0, 0.1) is 0 Å². The van der Waals surface area contributed by atoms with Crippen LogP contribution >= 0.6 is 0 Å². The van der Waals surface area contributed by atoms with Crippen molar-refractivity contribution in [2.24, 2.45) is 11.6 Å². The number of hydrogen-bond acceptors (Lipinski definition) is 8. The first-order chi connectivity index (χ1) is 10.4. The second kappa shape index (κ2) is 10.8. The van der Waals surface area contributed by atoms with E-state index in [2.05, 4.69) is 0 Å². The van der Waals surface area contributed by atoms with Crippen LogP contribution in [0.15, 0.2) is 11.9 Å². The number of rotatable bonds is 6. The molecule has 0 aromatic heterocycles. The lowest BCUT2D eigenvalue weighted by Crippen LogP contribution is -2.63. The standard InChI is InChI=1S/C12H25N3O5.C2H6/c1-2-3-4-7(13)5-15(14)12-11(19)10(18)9(17)8(6-16)20-12;1-2/h5,8-12,16-19H,2-4,6,13-14H2,1H3;1-2H3/b7-5-;. The minimum atomic E-state index is -1.46. The van der Waals surface area contributed by atoms with Crippen LogP contribution in [0.25, 0.3) is 0 Å². The summed E-state index contributed by atoms with van der Waals surface area (Å²) in [6, 6.07) is 0. The minimum absolute atomic E-state index is 0.496. The molecule has 1 aliphatic rings. The molecule has 0 aromatic carbocycles. The maximum atomic E-state index is 9.87. The second-order valence-corrected chi connectivity index (χ2v) is 4.97. The number of nitrogens with two attached hydrogens (primary N) is 2. The van der Waals surface area contributed by atoms with E-state index in [4.69, 9.17) is 21.4 Å². The predicted octanol–water partition coefficient (Wildman–Crippen LogP) is -1.02. The van der Waals surface area contributed by atoms with Crippen LogP contribution in [-0.2, 0) is 4.74 Å². The van der Waals surface area contributed by atoms with Crippen LogP contribution in [0.2, 0.25) is 0 Å². The number of hydrazine groups is 1. The lowest BCUT2D eigenvalue weighted by Gasteiger charge is -2.42. The van der Waals surface area contributed by atoms with Gasteiger partial charge in [-0.2, -0.15) is 0 Å². The van der Waals surface area contributed by atoms with E-state index >= 15 is 0 Å². The van der Waals surface area contributed by atoms with Gasteiger partial charge in [-0.15, -0.1) is 0 Å². The van der Waals surface area contributed by atoms with Gasteiger partial charge in [0.2, 0.25) is 0 Å². The number of aliphatic hydroxyl groups is 4. The summed E-state index contributed by atoms with van der Waals surface area (Å²) in [7, 11) is 0. The van der Waals surface area contributed by atoms with Gasteiger partial charge in [0.25, 0.3) is 0 Å². The maximum absolute atomic E-state index is 9.87. The molecule has 1 saturated heterocycles. The highest BCUT2D eigenvalue weighted by Gasteiger charge is 2.44. The number of ether oxygens (including phenoxy) is 1. The molecule has 8 nitrogen and oxygen atoms in total. The van der Waals surface area contributed by atoms with Crippen LogP contribution in [0.1, 0.15) is 40.0 Å². The summed E-state index contributed by atoms with van der Waals surface area (Å²) in [4.78, 5) is 0. The first kappa shape index (κ1) is 21.1. The van der Waals surface area contributed by atoms with Gasteiger partial charge in [-0.3, -0.25) is 5.01 Å². The summed E-state index contributed by atoms with van der Waals surface area (Å²) in [5.74, 6) is 5.75. The summed E-state index contributed by atoms with van der Waals surface area (Å²) < 4.78 is 5.29. The molecule has 1 aliphatic heterocycles. The molecule has 0 radical (unpaired) electrons. The Morgan fingerprint density at radius 2 is 1.77 bits per heavy atom. The van der Waals surface area contributed by atoms with Crippen molar-refractivity contribution in [2.45, 2.75) is 70.7 Å². The molecule has 8 heteroatoms. The molecule has 132 valence electrons. The monoisotopic (exact) mass is 321 g/mol. The van der Waals surface area contributed by atoms with E-state index < -0.39 is 37.3 Å². The van der Waals surface area contributed by atoms with Gasteiger partial charge in [-0.25, -0.2) is 5.84 Å². The lowest BCUT2D eigenvalue weighted by atomic mass is 9.98. The first-order valence-electron chi connectivity index (χ1n) is 7.72.